The van der Waals surface area contributed by atoms with E-state index in [-0.39, 0.29) is 16.9 Å². The second-order valence-corrected chi connectivity index (χ2v) is 10.1. The second-order valence-electron chi connectivity index (χ2n) is 8.47. The third kappa shape index (κ3) is 5.26. The van der Waals surface area contributed by atoms with Crippen molar-refractivity contribution in [2.45, 2.75) is 39.2 Å². The van der Waals surface area contributed by atoms with Crippen molar-refractivity contribution >= 4 is 57.8 Å². The summed E-state index contributed by atoms with van der Waals surface area (Å²) in [6, 6.07) is 13.0. The SMILES string of the molecule is CC(C(=O)Nc1ccc(C(=O)O)cc1)N1C(=O)/C(=C/c2ccc(C(C)(C)C)cc2)SC1=S. The number of carboxylic acid groups (broad SMARTS) is 1. The Bertz CT molecular complexity index is 1100. The summed E-state index contributed by atoms with van der Waals surface area (Å²) < 4.78 is 0.316. The van der Waals surface area contributed by atoms with Crippen molar-refractivity contribution in [3.8, 4) is 0 Å². The first-order chi connectivity index (χ1) is 15.0. The van der Waals surface area contributed by atoms with Crippen LogP contribution >= 0.6 is 24.0 Å². The van der Waals surface area contributed by atoms with Gasteiger partial charge in [-0.1, -0.05) is 69.0 Å². The molecule has 8 heteroatoms. The maximum Gasteiger partial charge on any atom is 0.335 e. The van der Waals surface area contributed by atoms with Crippen LogP contribution in [-0.4, -0.2) is 38.2 Å². The maximum atomic E-state index is 13.0. The number of anilines is 1. The van der Waals surface area contributed by atoms with E-state index in [0.717, 1.165) is 5.56 Å². The minimum Gasteiger partial charge on any atom is -0.478 e. The number of nitrogens with one attached hydrogen (secondary N) is 1. The highest BCUT2D eigenvalue weighted by Crippen LogP contribution is 2.34. The topological polar surface area (TPSA) is 86.7 Å². The van der Waals surface area contributed by atoms with Gasteiger partial charge in [0.2, 0.25) is 5.91 Å². The van der Waals surface area contributed by atoms with Crippen LogP contribution in [0.25, 0.3) is 6.08 Å². The van der Waals surface area contributed by atoms with E-state index in [4.69, 9.17) is 17.3 Å². The Balaban J connectivity index is 1.72. The van der Waals surface area contributed by atoms with Gasteiger partial charge >= 0.3 is 5.97 Å². The number of benzene rings is 2. The first-order valence-corrected chi connectivity index (χ1v) is 11.2. The molecule has 166 valence electrons. The molecule has 1 fully saturated rings. The Morgan fingerprint density at radius 2 is 1.69 bits per heavy atom. The minimum absolute atomic E-state index is 0.0404. The smallest absolute Gasteiger partial charge is 0.335 e. The molecule has 1 saturated heterocycles. The first kappa shape index (κ1) is 23.7. The highest BCUT2D eigenvalue weighted by molar-refractivity contribution is 8.26. The largest absolute Gasteiger partial charge is 0.478 e. The van der Waals surface area contributed by atoms with Crippen molar-refractivity contribution in [2.24, 2.45) is 0 Å². The molecule has 1 heterocycles. The number of amides is 2. The summed E-state index contributed by atoms with van der Waals surface area (Å²) in [6.45, 7) is 8.02. The Morgan fingerprint density at radius 1 is 1.09 bits per heavy atom. The van der Waals surface area contributed by atoms with Crippen LogP contribution in [0.2, 0.25) is 0 Å². The Hall–Kier alpha value is -2.97. The van der Waals surface area contributed by atoms with Crippen molar-refractivity contribution in [3.63, 3.8) is 0 Å². The number of aromatic carboxylic acids is 1. The van der Waals surface area contributed by atoms with Crippen molar-refractivity contribution < 1.29 is 19.5 Å². The number of hydrogen-bond acceptors (Lipinski definition) is 5. The number of carbonyl (C=O) groups excluding carboxylic acids is 2. The molecular weight excluding hydrogens is 444 g/mol. The van der Waals surface area contributed by atoms with Crippen molar-refractivity contribution in [3.05, 3.63) is 70.1 Å². The van der Waals surface area contributed by atoms with Crippen LogP contribution in [0.5, 0.6) is 0 Å². The Labute approximate surface area is 196 Å². The van der Waals surface area contributed by atoms with Gasteiger partial charge in [-0.3, -0.25) is 14.5 Å². The molecule has 6 nitrogen and oxygen atoms in total. The predicted octanol–water partition coefficient (Wildman–Crippen LogP) is 4.91. The van der Waals surface area contributed by atoms with Crippen molar-refractivity contribution in [2.75, 3.05) is 5.32 Å². The molecule has 0 bridgehead atoms. The molecule has 0 radical (unpaired) electrons. The molecule has 1 unspecified atom stereocenters. The third-order valence-corrected chi connectivity index (χ3v) is 6.39. The summed E-state index contributed by atoms with van der Waals surface area (Å²) in [6.07, 6.45) is 1.78. The molecule has 2 N–H and O–H groups in total. The molecule has 2 aromatic rings. The lowest BCUT2D eigenvalue weighted by atomic mass is 9.87. The summed E-state index contributed by atoms with van der Waals surface area (Å²) in [5.41, 5.74) is 2.68. The van der Waals surface area contributed by atoms with Gasteiger partial charge in [0.1, 0.15) is 10.4 Å². The van der Waals surface area contributed by atoms with Gasteiger partial charge in [-0.15, -0.1) is 0 Å². The molecule has 1 aliphatic heterocycles. The predicted molar refractivity (Wildman–Crippen MR) is 132 cm³/mol. The molecule has 1 atom stereocenters. The monoisotopic (exact) mass is 468 g/mol. The summed E-state index contributed by atoms with van der Waals surface area (Å²) >= 11 is 6.54. The van der Waals surface area contributed by atoms with E-state index in [9.17, 15) is 14.4 Å². The average Bonchev–Trinajstić information content (AvgIpc) is 3.00. The van der Waals surface area contributed by atoms with Gasteiger partial charge in [-0.05, 0) is 53.8 Å². The number of nitrogens with zero attached hydrogens (tertiary/aromatic N) is 1. The van der Waals surface area contributed by atoms with Crippen molar-refractivity contribution in [1.82, 2.24) is 4.90 Å². The fourth-order valence-corrected chi connectivity index (χ4v) is 4.52. The lowest BCUT2D eigenvalue weighted by molar-refractivity contribution is -0.129. The van der Waals surface area contributed by atoms with Gasteiger partial charge in [0.05, 0.1) is 10.5 Å². The van der Waals surface area contributed by atoms with Crippen LogP contribution in [0.1, 0.15) is 49.2 Å². The van der Waals surface area contributed by atoms with E-state index in [1.807, 2.05) is 24.3 Å². The number of rotatable bonds is 5. The number of thioether (sulfide) groups is 1. The Morgan fingerprint density at radius 3 is 2.22 bits per heavy atom. The van der Waals surface area contributed by atoms with Crippen LogP contribution < -0.4 is 5.32 Å². The van der Waals surface area contributed by atoms with Crippen LogP contribution in [0, 0.1) is 0 Å². The second kappa shape index (κ2) is 9.26. The molecule has 0 aliphatic carbocycles. The first-order valence-electron chi connectivity index (χ1n) is 9.99. The average molecular weight is 469 g/mol. The molecule has 2 aromatic carbocycles. The highest BCUT2D eigenvalue weighted by atomic mass is 32.2. The number of carboxylic acids is 1. The minimum atomic E-state index is -1.05. The van der Waals surface area contributed by atoms with Crippen LogP contribution in [0.3, 0.4) is 0 Å². The molecule has 3 rings (SSSR count). The summed E-state index contributed by atoms with van der Waals surface area (Å²) in [4.78, 5) is 38.4. The fourth-order valence-electron chi connectivity index (χ4n) is 3.10. The van der Waals surface area contributed by atoms with E-state index in [0.29, 0.717) is 14.9 Å². The number of thiocarbonyl (C=S) groups is 1. The third-order valence-electron chi connectivity index (χ3n) is 5.06. The van der Waals surface area contributed by atoms with Gasteiger partial charge in [-0.2, -0.15) is 0 Å². The molecule has 32 heavy (non-hydrogen) atoms. The van der Waals surface area contributed by atoms with E-state index < -0.39 is 17.9 Å². The molecule has 2 amide bonds. The standard InChI is InChI=1S/C24H24N2O4S2/c1-14(20(27)25-18-11-7-16(8-12-18)22(29)30)26-21(28)19(32-23(26)31)13-15-5-9-17(10-6-15)24(2,3)4/h5-14H,1-4H3,(H,25,27)(H,29,30)/b19-13-. The molecular formula is C24H24N2O4S2. The number of hydrogen-bond donors (Lipinski definition) is 2. The van der Waals surface area contributed by atoms with Gasteiger partial charge in [-0.25, -0.2) is 4.79 Å². The van der Waals surface area contributed by atoms with Gasteiger partial charge in [0.25, 0.3) is 5.91 Å². The quantitative estimate of drug-likeness (QED) is 0.479. The summed E-state index contributed by atoms with van der Waals surface area (Å²) in [5.74, 6) is -1.78. The van der Waals surface area contributed by atoms with E-state index in [1.165, 1.54) is 46.5 Å². The maximum absolute atomic E-state index is 13.0. The fraction of sp³-hybridized carbons (Fsp3) is 0.250. The van der Waals surface area contributed by atoms with Gasteiger partial charge in [0, 0.05) is 5.69 Å². The van der Waals surface area contributed by atoms with Gasteiger partial charge < -0.3 is 10.4 Å². The molecule has 1 aliphatic rings. The summed E-state index contributed by atoms with van der Waals surface area (Å²) in [7, 11) is 0. The van der Waals surface area contributed by atoms with E-state index in [1.54, 1.807) is 13.0 Å². The van der Waals surface area contributed by atoms with Crippen molar-refractivity contribution in [1.29, 1.82) is 0 Å². The van der Waals surface area contributed by atoms with E-state index >= 15 is 0 Å². The lowest BCUT2D eigenvalue weighted by Crippen LogP contribution is -2.44. The van der Waals surface area contributed by atoms with Crippen LogP contribution in [-0.2, 0) is 15.0 Å². The zero-order valence-corrected chi connectivity index (χ0v) is 19.8. The molecule has 0 aromatic heterocycles. The number of carbonyl (C=O) groups is 3. The van der Waals surface area contributed by atoms with Crippen LogP contribution in [0.15, 0.2) is 53.4 Å². The lowest BCUT2D eigenvalue weighted by Gasteiger charge is -2.22. The zero-order chi connectivity index (χ0) is 23.6. The molecule has 0 spiro atoms. The molecule has 0 saturated carbocycles. The summed E-state index contributed by atoms with van der Waals surface area (Å²) in [5, 5.41) is 11.7. The van der Waals surface area contributed by atoms with Crippen LogP contribution in [0.4, 0.5) is 5.69 Å². The normalized spacial score (nSPS) is 16.4. The Kier molecular flexibility index (Phi) is 6.85. The highest BCUT2D eigenvalue weighted by Gasteiger charge is 2.38. The van der Waals surface area contributed by atoms with Gasteiger partial charge in [0.15, 0.2) is 0 Å². The van der Waals surface area contributed by atoms with E-state index in [2.05, 4.69) is 26.1 Å². The zero-order valence-electron chi connectivity index (χ0n) is 18.2.